The summed E-state index contributed by atoms with van der Waals surface area (Å²) in [5.74, 6) is 2.11. The smallest absolute Gasteiger partial charge is 0.133 e. The molecule has 2 N–H and O–H groups in total. The Labute approximate surface area is 85.2 Å². The Hall–Kier alpha value is -1.32. The van der Waals surface area contributed by atoms with Gasteiger partial charge in [-0.05, 0) is 12.3 Å². The molecular formula is C10H18N4. The predicted octanol–water partition coefficient (Wildman–Crippen LogP) is 1.54. The summed E-state index contributed by atoms with van der Waals surface area (Å²) in [5, 5.41) is 0. The zero-order valence-electron chi connectivity index (χ0n) is 9.07. The third kappa shape index (κ3) is 3.20. The van der Waals surface area contributed by atoms with E-state index in [0.717, 1.165) is 18.8 Å². The molecule has 1 aromatic rings. The highest BCUT2D eigenvalue weighted by atomic mass is 15.2. The molecule has 14 heavy (non-hydrogen) atoms. The summed E-state index contributed by atoms with van der Waals surface area (Å²) in [6.07, 6.45) is 2.65. The average molecular weight is 194 g/mol. The number of hydrogen-bond acceptors (Lipinski definition) is 4. The first-order chi connectivity index (χ1) is 6.59. The van der Waals surface area contributed by atoms with Gasteiger partial charge >= 0.3 is 0 Å². The van der Waals surface area contributed by atoms with Gasteiger partial charge in [0.1, 0.15) is 18.0 Å². The summed E-state index contributed by atoms with van der Waals surface area (Å²) in [5.41, 5.74) is 5.57. The molecule has 0 aromatic carbocycles. The van der Waals surface area contributed by atoms with E-state index in [1.165, 1.54) is 6.33 Å². The van der Waals surface area contributed by atoms with Crippen LogP contribution in [0.4, 0.5) is 11.6 Å². The van der Waals surface area contributed by atoms with Gasteiger partial charge in [-0.1, -0.05) is 13.8 Å². The van der Waals surface area contributed by atoms with Crippen LogP contribution in [0.15, 0.2) is 12.4 Å². The Kier molecular flexibility index (Phi) is 3.68. The van der Waals surface area contributed by atoms with Crippen molar-refractivity contribution < 1.29 is 0 Å². The predicted molar refractivity (Wildman–Crippen MR) is 59.2 cm³/mol. The van der Waals surface area contributed by atoms with E-state index in [1.54, 1.807) is 6.07 Å². The number of nitrogens with zero attached hydrogens (tertiary/aromatic N) is 3. The van der Waals surface area contributed by atoms with Gasteiger partial charge in [-0.2, -0.15) is 0 Å². The fraction of sp³-hybridized carbons (Fsp3) is 0.600. The van der Waals surface area contributed by atoms with E-state index in [0.29, 0.717) is 11.7 Å². The zero-order valence-corrected chi connectivity index (χ0v) is 9.07. The standard InChI is InChI=1S/C10H18N4/c1-8(2)4-5-14(3)10-6-9(11)12-7-13-10/h6-8H,4-5H2,1-3H3,(H2,11,12,13). The van der Waals surface area contributed by atoms with Crippen LogP contribution >= 0.6 is 0 Å². The fourth-order valence-electron chi connectivity index (χ4n) is 1.14. The summed E-state index contributed by atoms with van der Waals surface area (Å²) in [7, 11) is 2.02. The molecule has 0 saturated carbocycles. The molecule has 4 nitrogen and oxygen atoms in total. The zero-order chi connectivity index (χ0) is 10.6. The van der Waals surface area contributed by atoms with E-state index in [1.807, 2.05) is 7.05 Å². The summed E-state index contributed by atoms with van der Waals surface area (Å²) in [6, 6.07) is 1.79. The van der Waals surface area contributed by atoms with E-state index in [4.69, 9.17) is 5.73 Å². The Balaban J connectivity index is 2.56. The number of hydrogen-bond donors (Lipinski definition) is 1. The van der Waals surface area contributed by atoms with Crippen molar-refractivity contribution >= 4 is 11.6 Å². The first-order valence-corrected chi connectivity index (χ1v) is 4.88. The first-order valence-electron chi connectivity index (χ1n) is 4.88. The maximum atomic E-state index is 5.57. The van der Waals surface area contributed by atoms with Gasteiger partial charge in [0.2, 0.25) is 0 Å². The molecule has 1 aromatic heterocycles. The van der Waals surface area contributed by atoms with Gasteiger partial charge in [0.25, 0.3) is 0 Å². The topological polar surface area (TPSA) is 55.0 Å². The van der Waals surface area contributed by atoms with Crippen molar-refractivity contribution in [1.82, 2.24) is 9.97 Å². The van der Waals surface area contributed by atoms with Crippen LogP contribution in [-0.4, -0.2) is 23.6 Å². The normalized spacial score (nSPS) is 10.6. The van der Waals surface area contributed by atoms with Gasteiger partial charge in [-0.15, -0.1) is 0 Å². The minimum atomic E-state index is 0.520. The van der Waals surface area contributed by atoms with Crippen LogP contribution in [0.25, 0.3) is 0 Å². The number of anilines is 2. The Morgan fingerprint density at radius 1 is 1.43 bits per heavy atom. The van der Waals surface area contributed by atoms with Crippen LogP contribution in [0.5, 0.6) is 0 Å². The van der Waals surface area contributed by atoms with Crippen molar-refractivity contribution in [2.24, 2.45) is 5.92 Å². The average Bonchev–Trinajstić information content (AvgIpc) is 2.14. The highest BCUT2D eigenvalue weighted by molar-refractivity contribution is 5.44. The summed E-state index contributed by atoms with van der Waals surface area (Å²) in [4.78, 5) is 10.1. The molecule has 78 valence electrons. The van der Waals surface area contributed by atoms with Crippen LogP contribution in [0, 0.1) is 5.92 Å². The largest absolute Gasteiger partial charge is 0.384 e. The Bertz CT molecular complexity index is 285. The van der Waals surface area contributed by atoms with Gasteiger partial charge in [-0.3, -0.25) is 0 Å². The minimum absolute atomic E-state index is 0.520. The van der Waals surface area contributed by atoms with Crippen LogP contribution < -0.4 is 10.6 Å². The molecule has 0 saturated heterocycles. The summed E-state index contributed by atoms with van der Waals surface area (Å²) < 4.78 is 0. The van der Waals surface area contributed by atoms with E-state index in [9.17, 15) is 0 Å². The molecule has 0 bridgehead atoms. The van der Waals surface area contributed by atoms with Crippen LogP contribution in [0.2, 0.25) is 0 Å². The molecule has 0 unspecified atom stereocenters. The lowest BCUT2D eigenvalue weighted by molar-refractivity contribution is 0.583. The highest BCUT2D eigenvalue weighted by Crippen LogP contribution is 2.11. The molecule has 0 aliphatic carbocycles. The van der Waals surface area contributed by atoms with Crippen molar-refractivity contribution in [1.29, 1.82) is 0 Å². The number of aromatic nitrogens is 2. The highest BCUT2D eigenvalue weighted by Gasteiger charge is 2.03. The van der Waals surface area contributed by atoms with Gasteiger partial charge in [0.15, 0.2) is 0 Å². The van der Waals surface area contributed by atoms with E-state index in [-0.39, 0.29) is 0 Å². The minimum Gasteiger partial charge on any atom is -0.384 e. The van der Waals surface area contributed by atoms with Gasteiger partial charge in [0, 0.05) is 19.7 Å². The fourth-order valence-corrected chi connectivity index (χ4v) is 1.14. The summed E-state index contributed by atoms with van der Waals surface area (Å²) in [6.45, 7) is 5.42. The van der Waals surface area contributed by atoms with Crippen LogP contribution in [0.1, 0.15) is 20.3 Å². The van der Waals surface area contributed by atoms with E-state index >= 15 is 0 Å². The van der Waals surface area contributed by atoms with Gasteiger partial charge in [-0.25, -0.2) is 9.97 Å². The second kappa shape index (κ2) is 4.79. The third-order valence-corrected chi connectivity index (χ3v) is 2.11. The monoisotopic (exact) mass is 194 g/mol. The summed E-state index contributed by atoms with van der Waals surface area (Å²) >= 11 is 0. The molecule has 1 heterocycles. The lowest BCUT2D eigenvalue weighted by Gasteiger charge is -2.18. The molecule has 0 spiro atoms. The van der Waals surface area contributed by atoms with Crippen LogP contribution in [0.3, 0.4) is 0 Å². The molecule has 4 heteroatoms. The van der Waals surface area contributed by atoms with Crippen molar-refractivity contribution in [2.75, 3.05) is 24.2 Å². The molecule has 0 radical (unpaired) electrons. The first kappa shape index (κ1) is 10.8. The van der Waals surface area contributed by atoms with E-state index in [2.05, 4.69) is 28.7 Å². The third-order valence-electron chi connectivity index (χ3n) is 2.11. The lowest BCUT2D eigenvalue weighted by atomic mass is 10.1. The maximum Gasteiger partial charge on any atom is 0.133 e. The lowest BCUT2D eigenvalue weighted by Crippen LogP contribution is -2.21. The number of rotatable bonds is 4. The SMILES string of the molecule is CC(C)CCN(C)c1cc(N)ncn1. The van der Waals surface area contributed by atoms with Crippen molar-refractivity contribution in [3.63, 3.8) is 0 Å². The van der Waals surface area contributed by atoms with Crippen LogP contribution in [-0.2, 0) is 0 Å². The van der Waals surface area contributed by atoms with Crippen molar-refractivity contribution in [3.8, 4) is 0 Å². The molecule has 1 rings (SSSR count). The molecule has 0 fully saturated rings. The second-order valence-electron chi connectivity index (χ2n) is 3.91. The Morgan fingerprint density at radius 2 is 2.14 bits per heavy atom. The van der Waals surface area contributed by atoms with Crippen molar-refractivity contribution in [2.45, 2.75) is 20.3 Å². The molecular weight excluding hydrogens is 176 g/mol. The molecule has 0 aliphatic heterocycles. The maximum absolute atomic E-state index is 5.57. The molecule has 0 atom stereocenters. The van der Waals surface area contributed by atoms with Gasteiger partial charge in [0.05, 0.1) is 0 Å². The Morgan fingerprint density at radius 3 is 2.71 bits per heavy atom. The van der Waals surface area contributed by atoms with E-state index < -0.39 is 0 Å². The second-order valence-corrected chi connectivity index (χ2v) is 3.91. The number of nitrogens with two attached hydrogens (primary N) is 1. The number of nitrogen functional groups attached to an aromatic ring is 1. The van der Waals surface area contributed by atoms with Gasteiger partial charge < -0.3 is 10.6 Å². The molecule has 0 aliphatic rings. The quantitative estimate of drug-likeness (QED) is 0.790. The van der Waals surface area contributed by atoms with Crippen molar-refractivity contribution in [3.05, 3.63) is 12.4 Å². The molecule has 0 amide bonds.